The second kappa shape index (κ2) is 7.74. The Morgan fingerprint density at radius 3 is 2.73 bits per heavy atom. The van der Waals surface area contributed by atoms with Crippen LogP contribution in [0.2, 0.25) is 0 Å². The topological polar surface area (TPSA) is 58.6 Å². The van der Waals surface area contributed by atoms with Gasteiger partial charge in [-0.15, -0.1) is 0 Å². The highest BCUT2D eigenvalue weighted by atomic mass is 19.1. The lowest BCUT2D eigenvalue weighted by molar-refractivity contribution is -0.130. The van der Waals surface area contributed by atoms with E-state index < -0.39 is 0 Å². The van der Waals surface area contributed by atoms with Crippen LogP contribution in [0.3, 0.4) is 0 Å². The number of halogens is 1. The van der Waals surface area contributed by atoms with Crippen molar-refractivity contribution in [3.8, 4) is 0 Å². The molecule has 5 nitrogen and oxygen atoms in total. The molecule has 0 aliphatic carbocycles. The first-order valence-electron chi connectivity index (χ1n) is 9.30. The molecule has 1 N–H and O–H groups in total. The van der Waals surface area contributed by atoms with Gasteiger partial charge in [-0.2, -0.15) is 0 Å². The van der Waals surface area contributed by atoms with Crippen molar-refractivity contribution in [1.82, 2.24) is 10.2 Å². The molecular weight excluding hydrogens is 335 g/mol. The van der Waals surface area contributed by atoms with Crippen molar-refractivity contribution in [2.75, 3.05) is 26.3 Å². The molecule has 1 aromatic rings. The van der Waals surface area contributed by atoms with E-state index in [0.29, 0.717) is 31.9 Å². The van der Waals surface area contributed by atoms with E-state index in [1.165, 1.54) is 12.1 Å². The molecule has 2 aliphatic heterocycles. The lowest BCUT2D eigenvalue weighted by Crippen LogP contribution is -2.46. The van der Waals surface area contributed by atoms with Gasteiger partial charge in [0.05, 0.1) is 12.3 Å². The second-order valence-corrected chi connectivity index (χ2v) is 7.77. The SMILES string of the molecule is CC(C)NC(=O)[C@H]1CN(C(=O)Cc2cccc(F)c2)CC12CCOCC2. The van der Waals surface area contributed by atoms with Gasteiger partial charge in [-0.25, -0.2) is 4.39 Å². The predicted octanol–water partition coefficient (Wildman–Crippen LogP) is 2.15. The third-order valence-electron chi connectivity index (χ3n) is 5.48. The normalized spacial score (nSPS) is 22.0. The minimum atomic E-state index is -0.341. The van der Waals surface area contributed by atoms with Crippen molar-refractivity contribution >= 4 is 11.8 Å². The van der Waals surface area contributed by atoms with E-state index in [-0.39, 0.29) is 41.4 Å². The van der Waals surface area contributed by atoms with Gasteiger partial charge in [-0.1, -0.05) is 12.1 Å². The summed E-state index contributed by atoms with van der Waals surface area (Å²) < 4.78 is 18.9. The molecule has 0 aromatic heterocycles. The molecule has 3 rings (SSSR count). The number of carbonyl (C=O) groups is 2. The summed E-state index contributed by atoms with van der Waals surface area (Å²) in [5, 5.41) is 3.01. The first-order chi connectivity index (χ1) is 12.4. The van der Waals surface area contributed by atoms with Crippen LogP contribution in [0.1, 0.15) is 32.3 Å². The number of carbonyl (C=O) groups excluding carboxylic acids is 2. The van der Waals surface area contributed by atoms with Gasteiger partial charge >= 0.3 is 0 Å². The largest absolute Gasteiger partial charge is 0.381 e. The Kier molecular flexibility index (Phi) is 5.61. The fraction of sp³-hybridized carbons (Fsp3) is 0.600. The summed E-state index contributed by atoms with van der Waals surface area (Å²) in [6, 6.07) is 6.19. The molecule has 0 bridgehead atoms. The summed E-state index contributed by atoms with van der Waals surface area (Å²) in [6.45, 7) is 6.12. The van der Waals surface area contributed by atoms with E-state index in [1.54, 1.807) is 17.0 Å². The van der Waals surface area contributed by atoms with E-state index >= 15 is 0 Å². The van der Waals surface area contributed by atoms with E-state index in [1.807, 2.05) is 13.8 Å². The molecular formula is C20H27FN2O3. The maximum absolute atomic E-state index is 13.4. The lowest BCUT2D eigenvalue weighted by atomic mass is 9.71. The Morgan fingerprint density at radius 2 is 2.08 bits per heavy atom. The molecule has 1 atom stereocenters. The van der Waals surface area contributed by atoms with Gasteiger partial charge in [0, 0.05) is 37.8 Å². The molecule has 1 aromatic carbocycles. The summed E-state index contributed by atoms with van der Waals surface area (Å²) in [7, 11) is 0. The summed E-state index contributed by atoms with van der Waals surface area (Å²) in [6.07, 6.45) is 1.72. The van der Waals surface area contributed by atoms with E-state index in [0.717, 1.165) is 12.8 Å². The van der Waals surface area contributed by atoms with Gasteiger partial charge in [-0.05, 0) is 44.4 Å². The molecule has 1 spiro atoms. The summed E-state index contributed by atoms with van der Waals surface area (Å²) in [5.41, 5.74) is 0.445. The molecule has 0 radical (unpaired) electrons. The monoisotopic (exact) mass is 362 g/mol. The minimum Gasteiger partial charge on any atom is -0.381 e. The fourth-order valence-electron chi connectivity index (χ4n) is 4.12. The van der Waals surface area contributed by atoms with Crippen LogP contribution in [-0.4, -0.2) is 49.1 Å². The first-order valence-corrected chi connectivity index (χ1v) is 9.30. The second-order valence-electron chi connectivity index (χ2n) is 7.77. The van der Waals surface area contributed by atoms with Crippen molar-refractivity contribution in [2.24, 2.45) is 11.3 Å². The molecule has 2 saturated heterocycles. The molecule has 0 unspecified atom stereocenters. The lowest BCUT2D eigenvalue weighted by Gasteiger charge is -2.37. The molecule has 26 heavy (non-hydrogen) atoms. The standard InChI is InChI=1S/C20H27FN2O3/c1-14(2)22-19(25)17-12-23(13-20(17)6-8-26-9-7-20)18(24)11-15-4-3-5-16(21)10-15/h3-5,10,14,17H,6-9,11-13H2,1-2H3,(H,22,25)/t17-/m1/s1. The van der Waals surface area contributed by atoms with Crippen molar-refractivity contribution in [2.45, 2.75) is 39.2 Å². The summed E-state index contributed by atoms with van der Waals surface area (Å²) in [5.74, 6) is -0.596. The van der Waals surface area contributed by atoms with Crippen LogP contribution in [0.5, 0.6) is 0 Å². The number of hydrogen-bond acceptors (Lipinski definition) is 3. The number of amides is 2. The zero-order valence-electron chi connectivity index (χ0n) is 15.5. The minimum absolute atomic E-state index is 0.0166. The average Bonchev–Trinajstić information content (AvgIpc) is 2.94. The van der Waals surface area contributed by atoms with Crippen molar-refractivity contribution in [1.29, 1.82) is 0 Å². The number of nitrogens with zero attached hydrogens (tertiary/aromatic N) is 1. The van der Waals surface area contributed by atoms with Crippen molar-refractivity contribution in [3.63, 3.8) is 0 Å². The highest BCUT2D eigenvalue weighted by Gasteiger charge is 2.51. The van der Waals surface area contributed by atoms with Crippen LogP contribution in [0.15, 0.2) is 24.3 Å². The van der Waals surface area contributed by atoms with Gasteiger partial charge in [0.2, 0.25) is 11.8 Å². The van der Waals surface area contributed by atoms with Crippen LogP contribution in [0.4, 0.5) is 4.39 Å². The molecule has 2 heterocycles. The smallest absolute Gasteiger partial charge is 0.227 e. The zero-order chi connectivity index (χ0) is 18.7. The van der Waals surface area contributed by atoms with Gasteiger partial charge in [-0.3, -0.25) is 9.59 Å². The van der Waals surface area contributed by atoms with E-state index in [9.17, 15) is 14.0 Å². The van der Waals surface area contributed by atoms with Crippen LogP contribution >= 0.6 is 0 Å². The Labute approximate surface area is 153 Å². The quantitative estimate of drug-likeness (QED) is 0.893. The number of hydrogen-bond donors (Lipinski definition) is 1. The highest BCUT2D eigenvalue weighted by molar-refractivity contribution is 5.84. The fourth-order valence-corrected chi connectivity index (χ4v) is 4.12. The Bertz CT molecular complexity index is 671. The summed E-state index contributed by atoms with van der Waals surface area (Å²) in [4.78, 5) is 27.3. The maximum atomic E-state index is 13.4. The van der Waals surface area contributed by atoms with E-state index in [4.69, 9.17) is 4.74 Å². The van der Waals surface area contributed by atoms with Crippen LogP contribution in [-0.2, 0) is 20.7 Å². The third-order valence-corrected chi connectivity index (χ3v) is 5.48. The molecule has 2 fully saturated rings. The van der Waals surface area contributed by atoms with Gasteiger partial charge in [0.25, 0.3) is 0 Å². The maximum Gasteiger partial charge on any atom is 0.227 e. The number of rotatable bonds is 4. The van der Waals surface area contributed by atoms with Crippen LogP contribution in [0.25, 0.3) is 0 Å². The van der Waals surface area contributed by atoms with Gasteiger partial charge in [0.1, 0.15) is 5.82 Å². The number of benzene rings is 1. The number of nitrogens with one attached hydrogen (secondary N) is 1. The van der Waals surface area contributed by atoms with E-state index in [2.05, 4.69) is 5.32 Å². The van der Waals surface area contributed by atoms with Gasteiger partial charge < -0.3 is 15.0 Å². The number of likely N-dealkylation sites (tertiary alicyclic amines) is 1. The molecule has 2 aliphatic rings. The highest BCUT2D eigenvalue weighted by Crippen LogP contribution is 2.44. The predicted molar refractivity (Wildman–Crippen MR) is 95.9 cm³/mol. The molecule has 142 valence electrons. The molecule has 0 saturated carbocycles. The molecule has 2 amide bonds. The zero-order valence-corrected chi connectivity index (χ0v) is 15.5. The van der Waals surface area contributed by atoms with Gasteiger partial charge in [0.15, 0.2) is 0 Å². The Hall–Kier alpha value is -1.95. The Morgan fingerprint density at radius 1 is 1.35 bits per heavy atom. The summed E-state index contributed by atoms with van der Waals surface area (Å²) >= 11 is 0. The third kappa shape index (κ3) is 4.06. The van der Waals surface area contributed by atoms with Crippen molar-refractivity contribution < 1.29 is 18.7 Å². The first kappa shape index (κ1) is 18.8. The van der Waals surface area contributed by atoms with Crippen molar-refractivity contribution in [3.05, 3.63) is 35.6 Å². The average molecular weight is 362 g/mol. The molecule has 6 heteroatoms. The Balaban J connectivity index is 1.74. The van der Waals surface area contributed by atoms with Crippen LogP contribution in [0, 0.1) is 17.2 Å². The van der Waals surface area contributed by atoms with Crippen LogP contribution < -0.4 is 5.32 Å². The number of ether oxygens (including phenoxy) is 1.